The van der Waals surface area contributed by atoms with E-state index in [1.807, 2.05) is 13.0 Å². The molecule has 1 aromatic carbocycles. The summed E-state index contributed by atoms with van der Waals surface area (Å²) in [5.41, 5.74) is 3.54. The predicted octanol–water partition coefficient (Wildman–Crippen LogP) is 3.02. The lowest BCUT2D eigenvalue weighted by Crippen LogP contribution is -2.07. The normalized spacial score (nSPS) is 13.0. The maximum atomic E-state index is 5.15. The SMILES string of the molecule is Cc1ccc(C(C)ON)c(C)c1Br. The lowest BCUT2D eigenvalue weighted by atomic mass is 10.0. The fourth-order valence-electron chi connectivity index (χ4n) is 1.35. The van der Waals surface area contributed by atoms with Crippen LogP contribution >= 0.6 is 15.9 Å². The molecule has 0 saturated heterocycles. The third-order valence-corrected chi connectivity index (χ3v) is 3.48. The average Bonchev–Trinajstić information content (AvgIpc) is 2.13. The molecule has 2 nitrogen and oxygen atoms in total. The number of rotatable bonds is 2. The summed E-state index contributed by atoms with van der Waals surface area (Å²) in [4.78, 5) is 4.79. The van der Waals surface area contributed by atoms with Crippen molar-refractivity contribution in [2.45, 2.75) is 26.9 Å². The van der Waals surface area contributed by atoms with Gasteiger partial charge in [0.1, 0.15) is 6.10 Å². The van der Waals surface area contributed by atoms with Crippen LogP contribution in [0.15, 0.2) is 16.6 Å². The summed E-state index contributed by atoms with van der Waals surface area (Å²) in [7, 11) is 0. The van der Waals surface area contributed by atoms with Gasteiger partial charge < -0.3 is 0 Å². The molecule has 0 saturated carbocycles. The third-order valence-electron chi connectivity index (χ3n) is 2.26. The molecule has 0 radical (unpaired) electrons. The minimum absolute atomic E-state index is 0.0584. The first-order valence-electron chi connectivity index (χ1n) is 4.19. The molecule has 1 rings (SSSR count). The quantitative estimate of drug-likeness (QED) is 0.811. The van der Waals surface area contributed by atoms with Gasteiger partial charge in [0.15, 0.2) is 0 Å². The van der Waals surface area contributed by atoms with Crippen LogP contribution in [0, 0.1) is 13.8 Å². The molecule has 1 unspecified atom stereocenters. The largest absolute Gasteiger partial charge is 0.297 e. The van der Waals surface area contributed by atoms with Crippen molar-refractivity contribution in [2.24, 2.45) is 5.90 Å². The van der Waals surface area contributed by atoms with Crippen molar-refractivity contribution in [1.29, 1.82) is 0 Å². The summed E-state index contributed by atoms with van der Waals surface area (Å²) in [6, 6.07) is 4.11. The molecule has 0 bridgehead atoms. The first-order valence-corrected chi connectivity index (χ1v) is 4.98. The van der Waals surface area contributed by atoms with Crippen LogP contribution in [0.25, 0.3) is 0 Å². The molecule has 0 aliphatic rings. The molecule has 1 aromatic rings. The monoisotopic (exact) mass is 243 g/mol. The molecular formula is C10H14BrNO. The number of hydrogen-bond acceptors (Lipinski definition) is 2. The van der Waals surface area contributed by atoms with Crippen molar-refractivity contribution in [3.8, 4) is 0 Å². The Morgan fingerprint density at radius 1 is 1.38 bits per heavy atom. The highest BCUT2D eigenvalue weighted by molar-refractivity contribution is 9.10. The van der Waals surface area contributed by atoms with Crippen LogP contribution in [0.3, 0.4) is 0 Å². The zero-order chi connectivity index (χ0) is 10.0. The van der Waals surface area contributed by atoms with Gasteiger partial charge >= 0.3 is 0 Å². The number of nitrogens with two attached hydrogens (primary N) is 1. The zero-order valence-electron chi connectivity index (χ0n) is 8.10. The maximum Gasteiger partial charge on any atom is 0.101 e. The summed E-state index contributed by atoms with van der Waals surface area (Å²) >= 11 is 3.53. The van der Waals surface area contributed by atoms with Gasteiger partial charge in [-0.15, -0.1) is 0 Å². The van der Waals surface area contributed by atoms with Gasteiger partial charge in [0, 0.05) is 4.47 Å². The number of benzene rings is 1. The highest BCUT2D eigenvalue weighted by Crippen LogP contribution is 2.28. The van der Waals surface area contributed by atoms with Crippen LogP contribution in [0.5, 0.6) is 0 Å². The summed E-state index contributed by atoms with van der Waals surface area (Å²) in [5, 5.41) is 0. The standard InChI is InChI=1S/C10H14BrNO/c1-6-4-5-9(8(3)13-12)7(2)10(6)11/h4-5,8H,12H2,1-3H3. The number of aryl methyl sites for hydroxylation is 1. The second-order valence-corrected chi connectivity index (χ2v) is 3.98. The van der Waals surface area contributed by atoms with E-state index in [0.717, 1.165) is 10.0 Å². The van der Waals surface area contributed by atoms with E-state index in [0.29, 0.717) is 0 Å². The first-order chi connectivity index (χ1) is 6.07. The average molecular weight is 244 g/mol. The van der Waals surface area contributed by atoms with Crippen molar-refractivity contribution in [3.05, 3.63) is 33.3 Å². The van der Waals surface area contributed by atoms with Crippen LogP contribution < -0.4 is 5.90 Å². The van der Waals surface area contributed by atoms with Gasteiger partial charge in [-0.2, -0.15) is 0 Å². The summed E-state index contributed by atoms with van der Waals surface area (Å²) in [6.07, 6.45) is -0.0584. The Bertz CT molecular complexity index is 312. The fourth-order valence-corrected chi connectivity index (χ4v) is 1.71. The van der Waals surface area contributed by atoms with Crippen LogP contribution in [-0.4, -0.2) is 0 Å². The van der Waals surface area contributed by atoms with Crippen molar-refractivity contribution in [1.82, 2.24) is 0 Å². The Kier molecular flexibility index (Phi) is 3.47. The molecule has 3 heteroatoms. The third kappa shape index (κ3) is 2.10. The van der Waals surface area contributed by atoms with E-state index in [1.165, 1.54) is 11.1 Å². The van der Waals surface area contributed by atoms with Crippen LogP contribution in [-0.2, 0) is 4.84 Å². The molecule has 0 aliphatic heterocycles. The summed E-state index contributed by atoms with van der Waals surface area (Å²) in [6.45, 7) is 6.06. The van der Waals surface area contributed by atoms with E-state index in [9.17, 15) is 0 Å². The Balaban J connectivity index is 3.18. The van der Waals surface area contributed by atoms with E-state index in [2.05, 4.69) is 35.8 Å². The molecule has 0 heterocycles. The van der Waals surface area contributed by atoms with Crippen molar-refractivity contribution >= 4 is 15.9 Å². The van der Waals surface area contributed by atoms with Gasteiger partial charge in [-0.25, -0.2) is 5.90 Å². The van der Waals surface area contributed by atoms with Gasteiger partial charge in [0.2, 0.25) is 0 Å². The van der Waals surface area contributed by atoms with Gasteiger partial charge in [-0.3, -0.25) is 4.84 Å². The van der Waals surface area contributed by atoms with E-state index in [4.69, 9.17) is 10.7 Å². The lowest BCUT2D eigenvalue weighted by Gasteiger charge is -2.14. The van der Waals surface area contributed by atoms with Crippen LogP contribution in [0.1, 0.15) is 29.7 Å². The minimum Gasteiger partial charge on any atom is -0.297 e. The van der Waals surface area contributed by atoms with E-state index in [-0.39, 0.29) is 6.10 Å². The predicted molar refractivity (Wildman–Crippen MR) is 57.3 cm³/mol. The smallest absolute Gasteiger partial charge is 0.101 e. The second kappa shape index (κ2) is 4.22. The molecule has 72 valence electrons. The topological polar surface area (TPSA) is 35.2 Å². The first kappa shape index (κ1) is 10.7. The molecule has 0 fully saturated rings. The number of halogens is 1. The molecule has 0 aliphatic carbocycles. The molecule has 0 spiro atoms. The van der Waals surface area contributed by atoms with Gasteiger partial charge in [0.05, 0.1) is 0 Å². The van der Waals surface area contributed by atoms with E-state index in [1.54, 1.807) is 0 Å². The van der Waals surface area contributed by atoms with Crippen LogP contribution in [0.4, 0.5) is 0 Å². The lowest BCUT2D eigenvalue weighted by molar-refractivity contribution is 0.0659. The maximum absolute atomic E-state index is 5.15. The highest BCUT2D eigenvalue weighted by Gasteiger charge is 2.10. The van der Waals surface area contributed by atoms with E-state index < -0.39 is 0 Å². The minimum atomic E-state index is -0.0584. The molecule has 13 heavy (non-hydrogen) atoms. The van der Waals surface area contributed by atoms with Crippen molar-refractivity contribution in [3.63, 3.8) is 0 Å². The van der Waals surface area contributed by atoms with Crippen molar-refractivity contribution in [2.75, 3.05) is 0 Å². The summed E-state index contributed by atoms with van der Waals surface area (Å²) in [5.74, 6) is 5.15. The van der Waals surface area contributed by atoms with Gasteiger partial charge in [-0.05, 0) is 37.5 Å². The Morgan fingerprint density at radius 2 is 2.00 bits per heavy atom. The van der Waals surface area contributed by atoms with Gasteiger partial charge in [-0.1, -0.05) is 28.1 Å². The second-order valence-electron chi connectivity index (χ2n) is 3.19. The van der Waals surface area contributed by atoms with Gasteiger partial charge in [0.25, 0.3) is 0 Å². The molecule has 0 aromatic heterocycles. The fraction of sp³-hybridized carbons (Fsp3) is 0.400. The Labute approximate surface area is 87.2 Å². The summed E-state index contributed by atoms with van der Waals surface area (Å²) < 4.78 is 1.13. The zero-order valence-corrected chi connectivity index (χ0v) is 9.68. The van der Waals surface area contributed by atoms with Crippen LogP contribution in [0.2, 0.25) is 0 Å². The molecule has 1 atom stereocenters. The Hall–Kier alpha value is -0.380. The molecular weight excluding hydrogens is 230 g/mol. The highest BCUT2D eigenvalue weighted by atomic mass is 79.9. The number of hydrogen-bond donors (Lipinski definition) is 1. The molecule has 2 N–H and O–H groups in total. The van der Waals surface area contributed by atoms with E-state index >= 15 is 0 Å². The van der Waals surface area contributed by atoms with Crippen molar-refractivity contribution < 1.29 is 4.84 Å². The Morgan fingerprint density at radius 3 is 2.54 bits per heavy atom. The molecule has 0 amide bonds.